The molecule has 0 bridgehead atoms. The highest BCUT2D eigenvalue weighted by Crippen LogP contribution is 2.52. The second-order valence-electron chi connectivity index (χ2n) is 11.7. The molecule has 0 radical (unpaired) electrons. The molecule has 7 rings (SSSR count). The summed E-state index contributed by atoms with van der Waals surface area (Å²) in [6, 6.07) is 16.3. The number of nitrogens with zero attached hydrogens (tertiary/aromatic N) is 4. The van der Waals surface area contributed by atoms with Crippen LogP contribution in [-0.4, -0.2) is 78.5 Å². The molecular weight excluding hydrogens is 521 g/mol. The standard InChI is InChI=1S/C32H34FN5O3/c1-40-26-6-2-22(3-7-26)18-36-8-10-37(11-9-36)25-14-32(15-25)20-38(21-32)24-5-4-23(19-39)30(12-24)41-27-13-28-29(33)17-35-31(28)34-16-27/h2-7,12-13,16-17,19,25H,8-11,14-15,18,20-21H2,1H3,(H,34,35). The van der Waals surface area contributed by atoms with Gasteiger partial charge in [-0.1, -0.05) is 12.1 Å². The molecule has 4 aromatic rings. The van der Waals surface area contributed by atoms with Gasteiger partial charge in [0.1, 0.15) is 28.7 Å². The summed E-state index contributed by atoms with van der Waals surface area (Å²) < 4.78 is 25.3. The van der Waals surface area contributed by atoms with E-state index in [1.165, 1.54) is 30.8 Å². The minimum absolute atomic E-state index is 0.356. The molecule has 2 saturated heterocycles. The molecule has 41 heavy (non-hydrogen) atoms. The van der Waals surface area contributed by atoms with Crippen molar-refractivity contribution in [1.29, 1.82) is 0 Å². The number of aromatic amines is 1. The fraction of sp³-hybridized carbons (Fsp3) is 0.375. The Balaban J connectivity index is 0.920. The molecule has 9 heteroatoms. The minimum atomic E-state index is -0.387. The van der Waals surface area contributed by atoms with Gasteiger partial charge >= 0.3 is 0 Å². The number of pyridine rings is 1. The Morgan fingerprint density at radius 2 is 1.83 bits per heavy atom. The maximum Gasteiger partial charge on any atom is 0.153 e. The molecule has 1 aliphatic carbocycles. The van der Waals surface area contributed by atoms with Crippen molar-refractivity contribution in [3.8, 4) is 17.2 Å². The fourth-order valence-corrected chi connectivity index (χ4v) is 6.72. The largest absolute Gasteiger partial charge is 0.497 e. The van der Waals surface area contributed by atoms with Crippen LogP contribution in [0.15, 0.2) is 60.9 Å². The van der Waals surface area contributed by atoms with Crippen LogP contribution >= 0.6 is 0 Å². The number of anilines is 1. The van der Waals surface area contributed by atoms with Crippen molar-refractivity contribution in [3.63, 3.8) is 0 Å². The number of rotatable bonds is 8. The highest BCUT2D eigenvalue weighted by molar-refractivity contribution is 5.82. The molecule has 2 aromatic heterocycles. The highest BCUT2D eigenvalue weighted by Gasteiger charge is 2.54. The maximum atomic E-state index is 14.0. The van der Waals surface area contributed by atoms with E-state index in [1.54, 1.807) is 19.2 Å². The summed E-state index contributed by atoms with van der Waals surface area (Å²) in [6.45, 7) is 7.48. The van der Waals surface area contributed by atoms with Gasteiger partial charge in [-0.15, -0.1) is 0 Å². The lowest BCUT2D eigenvalue weighted by atomic mass is 9.60. The fourth-order valence-electron chi connectivity index (χ4n) is 6.72. The van der Waals surface area contributed by atoms with Crippen molar-refractivity contribution in [2.45, 2.75) is 25.4 Å². The lowest BCUT2D eigenvalue weighted by Crippen LogP contribution is -2.68. The summed E-state index contributed by atoms with van der Waals surface area (Å²) in [5.74, 6) is 1.36. The molecule has 8 nitrogen and oxygen atoms in total. The zero-order chi connectivity index (χ0) is 28.0. The number of piperazine rings is 1. The van der Waals surface area contributed by atoms with E-state index in [0.717, 1.165) is 63.5 Å². The number of halogens is 1. The number of fused-ring (bicyclic) bond motifs is 1. The summed E-state index contributed by atoms with van der Waals surface area (Å²) >= 11 is 0. The van der Waals surface area contributed by atoms with E-state index in [1.807, 2.05) is 24.3 Å². The Morgan fingerprint density at radius 1 is 1.05 bits per heavy atom. The Labute approximate surface area is 238 Å². The summed E-state index contributed by atoms with van der Waals surface area (Å²) in [6.07, 6.45) is 6.07. The molecule has 4 heterocycles. The number of H-pyrrole nitrogens is 1. The van der Waals surface area contributed by atoms with Crippen molar-refractivity contribution in [1.82, 2.24) is 19.8 Å². The van der Waals surface area contributed by atoms with Crippen molar-refractivity contribution < 1.29 is 18.7 Å². The van der Waals surface area contributed by atoms with Crippen molar-refractivity contribution in [3.05, 3.63) is 77.9 Å². The lowest BCUT2D eigenvalue weighted by molar-refractivity contribution is -0.0380. The molecule has 2 aromatic carbocycles. The van der Waals surface area contributed by atoms with Gasteiger partial charge in [0.05, 0.1) is 24.3 Å². The summed E-state index contributed by atoms with van der Waals surface area (Å²) in [7, 11) is 1.70. The van der Waals surface area contributed by atoms with Crippen molar-refractivity contribution in [2.75, 3.05) is 51.3 Å². The van der Waals surface area contributed by atoms with Crippen LogP contribution in [0, 0.1) is 11.2 Å². The molecule has 1 spiro atoms. The molecule has 2 aliphatic heterocycles. The smallest absolute Gasteiger partial charge is 0.153 e. The second kappa shape index (κ2) is 10.5. The number of hydrogen-bond acceptors (Lipinski definition) is 7. The van der Waals surface area contributed by atoms with Crippen molar-refractivity contribution in [2.24, 2.45) is 5.41 Å². The van der Waals surface area contributed by atoms with Gasteiger partial charge in [-0.25, -0.2) is 9.37 Å². The number of methoxy groups -OCH3 is 1. The number of aromatic nitrogens is 2. The van der Waals surface area contributed by atoms with Gasteiger partial charge in [-0.3, -0.25) is 14.6 Å². The van der Waals surface area contributed by atoms with Gasteiger partial charge < -0.3 is 19.4 Å². The van der Waals surface area contributed by atoms with E-state index in [2.05, 4.69) is 36.8 Å². The van der Waals surface area contributed by atoms with Crippen LogP contribution in [0.2, 0.25) is 0 Å². The molecular formula is C32H34FN5O3. The van der Waals surface area contributed by atoms with E-state index in [-0.39, 0.29) is 5.82 Å². The minimum Gasteiger partial charge on any atom is -0.497 e. The second-order valence-corrected chi connectivity index (χ2v) is 11.7. The van der Waals surface area contributed by atoms with Crippen LogP contribution in [-0.2, 0) is 6.54 Å². The number of benzene rings is 2. The van der Waals surface area contributed by atoms with E-state index in [4.69, 9.17) is 9.47 Å². The molecule has 0 atom stereocenters. The summed E-state index contributed by atoms with van der Waals surface area (Å²) in [4.78, 5) is 26.3. The zero-order valence-corrected chi connectivity index (χ0v) is 23.2. The molecule has 1 N–H and O–H groups in total. The first-order valence-corrected chi connectivity index (χ1v) is 14.2. The first-order valence-electron chi connectivity index (χ1n) is 14.2. The van der Waals surface area contributed by atoms with Gasteiger partial charge in [0.2, 0.25) is 0 Å². The first kappa shape index (κ1) is 26.0. The van der Waals surface area contributed by atoms with Gasteiger partial charge in [0, 0.05) is 75.2 Å². The highest BCUT2D eigenvalue weighted by atomic mass is 19.1. The Kier molecular flexibility index (Phi) is 6.63. The lowest BCUT2D eigenvalue weighted by Gasteiger charge is -2.62. The van der Waals surface area contributed by atoms with Crippen LogP contribution in [0.25, 0.3) is 11.0 Å². The van der Waals surface area contributed by atoms with Gasteiger partial charge in [0.25, 0.3) is 0 Å². The normalized spacial score (nSPS) is 19.2. The monoisotopic (exact) mass is 555 g/mol. The average molecular weight is 556 g/mol. The van der Waals surface area contributed by atoms with Gasteiger partial charge in [-0.05, 0) is 48.7 Å². The molecule has 3 fully saturated rings. The average Bonchev–Trinajstić information content (AvgIpc) is 3.33. The van der Waals surface area contributed by atoms with Gasteiger partial charge in [0.15, 0.2) is 6.29 Å². The van der Waals surface area contributed by atoms with Gasteiger partial charge in [-0.2, -0.15) is 0 Å². The van der Waals surface area contributed by atoms with Crippen LogP contribution < -0.4 is 14.4 Å². The third-order valence-corrected chi connectivity index (χ3v) is 9.05. The van der Waals surface area contributed by atoms with Crippen LogP contribution in [0.3, 0.4) is 0 Å². The molecule has 0 unspecified atom stereocenters. The SMILES string of the molecule is COc1ccc(CN2CCN(C3CC4(C3)CN(c3ccc(C=O)c(Oc5cnc6[nH]cc(F)c6c5)c3)C4)CC2)cc1. The number of hydrogen-bond donors (Lipinski definition) is 1. The van der Waals surface area contributed by atoms with Crippen molar-refractivity contribution >= 4 is 23.0 Å². The van der Waals surface area contributed by atoms with E-state index in [0.29, 0.717) is 39.6 Å². The predicted octanol–water partition coefficient (Wildman–Crippen LogP) is 5.10. The van der Waals surface area contributed by atoms with E-state index >= 15 is 0 Å². The van der Waals surface area contributed by atoms with E-state index < -0.39 is 0 Å². The third kappa shape index (κ3) is 5.04. The third-order valence-electron chi connectivity index (χ3n) is 9.05. The Morgan fingerprint density at radius 3 is 2.56 bits per heavy atom. The number of aldehydes is 1. The summed E-state index contributed by atoms with van der Waals surface area (Å²) in [5, 5.41) is 0.356. The molecule has 1 saturated carbocycles. The Hall–Kier alpha value is -3.95. The Bertz CT molecular complexity index is 1550. The van der Waals surface area contributed by atoms with Crippen LogP contribution in [0.1, 0.15) is 28.8 Å². The number of nitrogens with one attached hydrogen (secondary N) is 1. The van der Waals surface area contributed by atoms with Crippen LogP contribution in [0.4, 0.5) is 10.1 Å². The quantitative estimate of drug-likeness (QED) is 0.303. The number of ether oxygens (including phenoxy) is 2. The summed E-state index contributed by atoms with van der Waals surface area (Å²) in [5.41, 5.74) is 3.66. The molecule has 212 valence electrons. The maximum absolute atomic E-state index is 14.0. The number of carbonyl (C=O) groups excluding carboxylic acids is 1. The number of carbonyl (C=O) groups is 1. The predicted molar refractivity (Wildman–Crippen MR) is 155 cm³/mol. The first-order chi connectivity index (χ1) is 20.0. The topological polar surface area (TPSA) is 73.9 Å². The molecule has 3 aliphatic rings. The van der Waals surface area contributed by atoms with E-state index in [9.17, 15) is 9.18 Å². The van der Waals surface area contributed by atoms with Crippen LogP contribution in [0.5, 0.6) is 17.2 Å². The molecule has 0 amide bonds. The zero-order valence-electron chi connectivity index (χ0n) is 23.2.